The molecule has 0 amide bonds. The summed E-state index contributed by atoms with van der Waals surface area (Å²) in [4.78, 5) is 2.43. The Morgan fingerprint density at radius 3 is 1.59 bits per heavy atom. The molecule has 9 aromatic carbocycles. The van der Waals surface area contributed by atoms with Crippen molar-refractivity contribution < 1.29 is 0 Å². The van der Waals surface area contributed by atoms with Gasteiger partial charge in [-0.3, -0.25) is 0 Å². The van der Waals surface area contributed by atoms with Crippen molar-refractivity contribution in [2.45, 2.75) is 0 Å². The van der Waals surface area contributed by atoms with E-state index in [-0.39, 0.29) is 0 Å². The van der Waals surface area contributed by atoms with E-state index >= 15 is 0 Å². The minimum Gasteiger partial charge on any atom is -0.310 e. The van der Waals surface area contributed by atoms with Crippen LogP contribution in [0.5, 0.6) is 0 Å². The molecule has 254 valence electrons. The van der Waals surface area contributed by atoms with E-state index < -0.39 is 0 Å². The fourth-order valence-electron chi connectivity index (χ4n) is 7.98. The molecule has 0 aliphatic carbocycles. The van der Waals surface area contributed by atoms with Gasteiger partial charge in [0.15, 0.2) is 0 Å². The standard InChI is InChI=1S/C52H36N2/c1-3-15-37(16-4-1)43-34-45(36-46(35-43)54-51-25-13-10-22-48(51)49-23-11-14-26-52(49)54)53(50-24-12-9-21-47(50)40-18-5-2-6-19-40)44-31-29-39(30-32-44)42-28-27-38-17-7-8-20-41(38)33-42/h1-36H. The molecular formula is C52H36N2. The van der Waals surface area contributed by atoms with Gasteiger partial charge in [-0.15, -0.1) is 0 Å². The topological polar surface area (TPSA) is 8.17 Å². The molecule has 0 atom stereocenters. The summed E-state index contributed by atoms with van der Waals surface area (Å²) in [5, 5.41) is 4.98. The zero-order valence-corrected chi connectivity index (χ0v) is 29.7. The Bertz CT molecular complexity index is 2870. The molecule has 2 nitrogen and oxygen atoms in total. The van der Waals surface area contributed by atoms with Crippen LogP contribution in [-0.4, -0.2) is 4.57 Å². The van der Waals surface area contributed by atoms with Crippen molar-refractivity contribution in [2.24, 2.45) is 0 Å². The molecule has 0 saturated heterocycles. The molecule has 0 fully saturated rings. The van der Waals surface area contributed by atoms with E-state index in [9.17, 15) is 0 Å². The maximum atomic E-state index is 2.43. The average molecular weight is 689 g/mol. The number of aromatic nitrogens is 1. The van der Waals surface area contributed by atoms with E-state index in [0.29, 0.717) is 0 Å². The highest BCUT2D eigenvalue weighted by atomic mass is 15.1. The lowest BCUT2D eigenvalue weighted by atomic mass is 9.99. The van der Waals surface area contributed by atoms with Gasteiger partial charge in [0.05, 0.1) is 16.7 Å². The van der Waals surface area contributed by atoms with Gasteiger partial charge in [0.1, 0.15) is 0 Å². The highest BCUT2D eigenvalue weighted by molar-refractivity contribution is 6.09. The van der Waals surface area contributed by atoms with Crippen LogP contribution >= 0.6 is 0 Å². The van der Waals surface area contributed by atoms with Crippen molar-refractivity contribution in [1.82, 2.24) is 4.57 Å². The molecule has 0 saturated carbocycles. The molecule has 1 aromatic heterocycles. The molecule has 0 aliphatic rings. The third-order valence-electron chi connectivity index (χ3n) is 10.5. The monoisotopic (exact) mass is 688 g/mol. The first kappa shape index (κ1) is 31.6. The van der Waals surface area contributed by atoms with Crippen LogP contribution in [0, 0.1) is 0 Å². The van der Waals surface area contributed by atoms with Crippen LogP contribution < -0.4 is 4.90 Å². The van der Waals surface area contributed by atoms with Crippen molar-refractivity contribution >= 4 is 49.6 Å². The summed E-state index contributed by atoms with van der Waals surface area (Å²) in [5.41, 5.74) is 13.8. The molecule has 10 rings (SSSR count). The summed E-state index contributed by atoms with van der Waals surface area (Å²) in [6, 6.07) is 79.0. The number of fused-ring (bicyclic) bond motifs is 4. The first-order chi connectivity index (χ1) is 26.8. The first-order valence-electron chi connectivity index (χ1n) is 18.5. The van der Waals surface area contributed by atoms with Crippen LogP contribution in [0.2, 0.25) is 0 Å². The van der Waals surface area contributed by atoms with Crippen molar-refractivity contribution in [3.05, 3.63) is 218 Å². The van der Waals surface area contributed by atoms with Crippen molar-refractivity contribution in [3.8, 4) is 39.1 Å². The quantitative estimate of drug-likeness (QED) is 0.162. The lowest BCUT2D eigenvalue weighted by Gasteiger charge is -2.29. The Balaban J connectivity index is 1.22. The van der Waals surface area contributed by atoms with E-state index in [4.69, 9.17) is 0 Å². The molecule has 2 heteroatoms. The van der Waals surface area contributed by atoms with Gasteiger partial charge in [-0.05, 0) is 93.2 Å². The highest BCUT2D eigenvalue weighted by Gasteiger charge is 2.21. The van der Waals surface area contributed by atoms with E-state index in [1.165, 1.54) is 60.4 Å². The summed E-state index contributed by atoms with van der Waals surface area (Å²) in [6.07, 6.45) is 0. The summed E-state index contributed by atoms with van der Waals surface area (Å²) in [7, 11) is 0. The Morgan fingerprint density at radius 2 is 0.870 bits per heavy atom. The van der Waals surface area contributed by atoms with E-state index in [2.05, 4.69) is 228 Å². The molecular weight excluding hydrogens is 653 g/mol. The molecule has 0 aliphatic heterocycles. The Kier molecular flexibility index (Phi) is 7.85. The van der Waals surface area contributed by atoms with Gasteiger partial charge in [0.2, 0.25) is 0 Å². The number of anilines is 3. The van der Waals surface area contributed by atoms with Gasteiger partial charge in [0.25, 0.3) is 0 Å². The zero-order valence-electron chi connectivity index (χ0n) is 29.7. The molecule has 0 unspecified atom stereocenters. The second-order valence-corrected chi connectivity index (χ2v) is 13.8. The summed E-state index contributed by atoms with van der Waals surface area (Å²) >= 11 is 0. The minimum atomic E-state index is 1.08. The fourth-order valence-corrected chi connectivity index (χ4v) is 7.98. The van der Waals surface area contributed by atoms with E-state index in [0.717, 1.165) is 28.3 Å². The number of benzene rings is 9. The van der Waals surface area contributed by atoms with Gasteiger partial charge < -0.3 is 9.47 Å². The second kappa shape index (κ2) is 13.4. The van der Waals surface area contributed by atoms with Gasteiger partial charge >= 0.3 is 0 Å². The molecule has 0 radical (unpaired) electrons. The van der Waals surface area contributed by atoms with E-state index in [1.807, 2.05) is 0 Å². The number of nitrogens with zero attached hydrogens (tertiary/aromatic N) is 2. The van der Waals surface area contributed by atoms with Crippen LogP contribution in [0.15, 0.2) is 218 Å². The average Bonchev–Trinajstić information content (AvgIpc) is 3.59. The number of para-hydroxylation sites is 3. The number of rotatable bonds is 7. The predicted octanol–water partition coefficient (Wildman–Crippen LogP) is 14.4. The maximum absolute atomic E-state index is 2.43. The molecule has 10 aromatic rings. The largest absolute Gasteiger partial charge is 0.310 e. The molecule has 1 heterocycles. The van der Waals surface area contributed by atoms with Crippen molar-refractivity contribution in [3.63, 3.8) is 0 Å². The van der Waals surface area contributed by atoms with Crippen molar-refractivity contribution in [1.29, 1.82) is 0 Å². The van der Waals surface area contributed by atoms with Gasteiger partial charge in [-0.2, -0.15) is 0 Å². The molecule has 0 spiro atoms. The summed E-state index contributed by atoms with van der Waals surface area (Å²) in [5.74, 6) is 0. The first-order valence-corrected chi connectivity index (χ1v) is 18.5. The minimum absolute atomic E-state index is 1.08. The van der Waals surface area contributed by atoms with Crippen LogP contribution in [0.25, 0.3) is 71.6 Å². The zero-order chi connectivity index (χ0) is 35.8. The van der Waals surface area contributed by atoms with Crippen molar-refractivity contribution in [2.75, 3.05) is 4.90 Å². The lowest BCUT2D eigenvalue weighted by molar-refractivity contribution is 1.17. The van der Waals surface area contributed by atoms with Crippen LogP contribution in [0.1, 0.15) is 0 Å². The third kappa shape index (κ3) is 5.62. The fraction of sp³-hybridized carbons (Fsp3) is 0. The van der Waals surface area contributed by atoms with Gasteiger partial charge in [0, 0.05) is 33.4 Å². The SMILES string of the molecule is c1ccc(-c2cc(N(c3ccc(-c4ccc5ccccc5c4)cc3)c3ccccc3-c3ccccc3)cc(-n3c4ccccc4c4ccccc43)c2)cc1. The highest BCUT2D eigenvalue weighted by Crippen LogP contribution is 2.44. The lowest BCUT2D eigenvalue weighted by Crippen LogP contribution is -2.12. The molecule has 0 N–H and O–H groups in total. The van der Waals surface area contributed by atoms with Gasteiger partial charge in [-0.1, -0.05) is 164 Å². The van der Waals surface area contributed by atoms with Gasteiger partial charge in [-0.25, -0.2) is 0 Å². The number of hydrogen-bond donors (Lipinski definition) is 0. The summed E-state index contributed by atoms with van der Waals surface area (Å²) < 4.78 is 2.42. The van der Waals surface area contributed by atoms with Crippen LogP contribution in [0.4, 0.5) is 17.1 Å². The number of hydrogen-bond acceptors (Lipinski definition) is 1. The van der Waals surface area contributed by atoms with Crippen LogP contribution in [-0.2, 0) is 0 Å². The summed E-state index contributed by atoms with van der Waals surface area (Å²) in [6.45, 7) is 0. The normalized spacial score (nSPS) is 11.3. The molecule has 54 heavy (non-hydrogen) atoms. The second-order valence-electron chi connectivity index (χ2n) is 13.8. The van der Waals surface area contributed by atoms with Crippen LogP contribution in [0.3, 0.4) is 0 Å². The Morgan fingerprint density at radius 1 is 0.315 bits per heavy atom. The Hall–Kier alpha value is -7.16. The predicted molar refractivity (Wildman–Crippen MR) is 229 cm³/mol. The maximum Gasteiger partial charge on any atom is 0.0541 e. The Labute approximate surface area is 315 Å². The smallest absolute Gasteiger partial charge is 0.0541 e. The van der Waals surface area contributed by atoms with E-state index in [1.54, 1.807) is 0 Å². The third-order valence-corrected chi connectivity index (χ3v) is 10.5. The molecule has 0 bridgehead atoms.